The van der Waals surface area contributed by atoms with Crippen LogP contribution in [0.3, 0.4) is 0 Å². The van der Waals surface area contributed by atoms with E-state index in [-0.39, 0.29) is 60.7 Å². The molecule has 13 N–H and O–H groups in total. The molecule has 0 saturated heterocycles. The Balaban J connectivity index is 0.000000771. The van der Waals surface area contributed by atoms with Crippen molar-refractivity contribution in [3.63, 3.8) is 0 Å². The van der Waals surface area contributed by atoms with Crippen LogP contribution >= 0.6 is 50.8 Å². The van der Waals surface area contributed by atoms with Gasteiger partial charge in [-0.1, -0.05) is 395 Å². The summed E-state index contributed by atoms with van der Waals surface area (Å²) in [5.41, 5.74) is 8.37. The van der Waals surface area contributed by atoms with Crippen molar-refractivity contribution >= 4 is 88.5 Å². The van der Waals surface area contributed by atoms with E-state index in [4.69, 9.17) is 62.6 Å². The minimum atomic E-state index is -0.940. The first kappa shape index (κ1) is 122. The van der Waals surface area contributed by atoms with Gasteiger partial charge in [-0.05, 0) is 196 Å². The average Bonchev–Trinajstić information content (AvgIpc) is 0.822. The molecule has 0 radical (unpaired) electrons. The molecule has 0 aliphatic rings. The Kier molecular flexibility index (Phi) is 68.7. The van der Waals surface area contributed by atoms with Crippen molar-refractivity contribution in [3.8, 4) is 42.4 Å². The van der Waals surface area contributed by atoms with Crippen LogP contribution in [0.15, 0.2) is 284 Å². The third kappa shape index (κ3) is 52.9. The maximum absolute atomic E-state index is 10.7. The zero-order valence-corrected chi connectivity index (χ0v) is 86.0. The van der Waals surface area contributed by atoms with Crippen LogP contribution in [0.2, 0.25) is 0 Å². The topological polar surface area (TPSA) is 324 Å². The number of terminal acetylenes is 1. The third-order valence-electron chi connectivity index (χ3n) is 20.5. The minimum absolute atomic E-state index is 0.0156. The van der Waals surface area contributed by atoms with Crippen molar-refractivity contribution in [2.45, 2.75) is 270 Å². The number of nitrogens with zero attached hydrogens (tertiary/aromatic N) is 3. The molecule has 0 bridgehead atoms. The van der Waals surface area contributed by atoms with Gasteiger partial charge in [-0.25, -0.2) is 0 Å². The number of aliphatic hydroxyl groups excluding tert-OH is 6. The van der Waals surface area contributed by atoms with Gasteiger partial charge in [0, 0.05) is 29.7 Å². The van der Waals surface area contributed by atoms with E-state index in [1.807, 2.05) is 119 Å². The smallest absolute Gasteiger partial charge is 0.0134 e. The van der Waals surface area contributed by atoms with E-state index >= 15 is 0 Å². The van der Waals surface area contributed by atoms with Gasteiger partial charge in [0.2, 0.25) is 0 Å². The van der Waals surface area contributed by atoms with Gasteiger partial charge in [0.05, 0.1) is 78.9 Å². The quantitative estimate of drug-likeness (QED) is 0.00566. The molecule has 15 nitrogen and oxygen atoms in total. The van der Waals surface area contributed by atoms with Crippen molar-refractivity contribution < 1.29 is 67.0 Å². The first-order valence-electron chi connectivity index (χ1n) is 46.1. The second kappa shape index (κ2) is 74.7. The summed E-state index contributed by atoms with van der Waals surface area (Å²) < 4.78 is 0.914. The van der Waals surface area contributed by atoms with Crippen LogP contribution < -0.4 is 37.6 Å². The molecule has 0 fully saturated rings. The summed E-state index contributed by atoms with van der Waals surface area (Å²) in [4.78, 5) is 0. The molecule has 0 spiro atoms. The molecular weight excluding hydrogens is 1890 g/mol. The first-order valence-corrected chi connectivity index (χ1v) is 53.6. The number of nitrogens with one attached hydrogen (secondary N) is 1. The average molecular weight is 2040 g/mol. The van der Waals surface area contributed by atoms with E-state index in [2.05, 4.69) is 243 Å². The predicted molar refractivity (Wildman–Crippen MR) is 559 cm³/mol. The number of benzene rings is 10. The Labute approximate surface area is 824 Å². The number of nitrogens with two attached hydrogens (primary N) is 1. The molecule has 4 atom stereocenters. The van der Waals surface area contributed by atoms with Gasteiger partial charge in [-0.2, -0.15) is 15.8 Å². The summed E-state index contributed by atoms with van der Waals surface area (Å²) in [5.74, 6) is 8.39. The van der Waals surface area contributed by atoms with E-state index in [0.717, 1.165) is 153 Å². The van der Waals surface area contributed by atoms with Crippen LogP contribution in [-0.2, 0) is 28.8 Å². The Bertz CT molecular complexity index is 4570. The summed E-state index contributed by atoms with van der Waals surface area (Å²) >= 11 is 3.18. The molecule has 10 aromatic carbocycles. The SMILES string of the molecule is C#CC(O)(CCC)CCC.CCCC(O)(C#Cc1cccc(C(O)CC#N)c1)CCC.CCCC(O)(CCC)CCc1cccc(C(O)CC#N)c1.CCCC(O)(CCC)CCc1cccc(C(O)CC(=N)N)c1.CCO.CCO.N#CCC(O)c1cccc(Br)c1.[Cl][Pd][Cl].c1ccc(P(c2ccccc2)c2ccccc2)cc1.c1ccc(P(c2ccccc2)c2ccccc2)cc1. The maximum atomic E-state index is 10.7. The normalized spacial score (nSPS) is 11.5. The summed E-state index contributed by atoms with van der Waals surface area (Å²) in [7, 11) is 8.74. The number of aliphatic hydroxyl groups is 10. The van der Waals surface area contributed by atoms with Gasteiger partial charge in [-0.15, -0.1) is 6.42 Å². The number of halogens is 3. The molecular formula is C112H146BrCl2N5O10P2Pd. The number of aryl methyl sites for hydroxylation is 2. The molecule has 0 aliphatic heterocycles. The molecule has 0 aromatic heterocycles. The number of nitriles is 3. The van der Waals surface area contributed by atoms with Gasteiger partial charge in [0.1, 0.15) is 11.2 Å². The van der Waals surface area contributed by atoms with Crippen molar-refractivity contribution in [3.05, 3.63) is 322 Å². The first-order chi connectivity index (χ1) is 64.0. The van der Waals surface area contributed by atoms with E-state index in [9.17, 15) is 40.9 Å². The van der Waals surface area contributed by atoms with Crippen molar-refractivity contribution in [2.24, 2.45) is 5.73 Å². The van der Waals surface area contributed by atoms with Crippen molar-refractivity contribution in [1.82, 2.24) is 0 Å². The molecule has 4 unspecified atom stereocenters. The van der Waals surface area contributed by atoms with Crippen LogP contribution in [0.1, 0.15) is 274 Å². The van der Waals surface area contributed by atoms with Crippen LogP contribution in [0, 0.1) is 63.6 Å². The van der Waals surface area contributed by atoms with E-state index < -0.39 is 62.7 Å². The Morgan fingerprint density at radius 1 is 0.383 bits per heavy atom. The number of amidine groups is 1. The van der Waals surface area contributed by atoms with Crippen LogP contribution in [0.5, 0.6) is 0 Å². The fourth-order valence-electron chi connectivity index (χ4n) is 14.5. The zero-order valence-electron chi connectivity index (χ0n) is 79.6. The molecule has 10 aromatic rings. The monoisotopic (exact) mass is 2040 g/mol. The van der Waals surface area contributed by atoms with Gasteiger partial charge >= 0.3 is 35.0 Å². The zero-order chi connectivity index (χ0) is 99.0. The Hall–Kier alpha value is -8.56. The third-order valence-corrected chi connectivity index (χ3v) is 25.9. The Morgan fingerprint density at radius 3 is 0.902 bits per heavy atom. The van der Waals surface area contributed by atoms with Crippen LogP contribution in [0.25, 0.3) is 0 Å². The predicted octanol–water partition coefficient (Wildman–Crippen LogP) is 23.1. The standard InChI is InChI=1S/C18H30N2O2.C18H27NO2.C18H23NO2.2C18H15P.C9H8BrNO.C9H16O.2C2H6O.2ClH.Pd/c1-3-9-18(22,10-4-2)11-8-14-6-5-7-15(12-14)16(21)13-17(19)20;2*1-3-10-18(21,11-4-2)12-8-15-6-5-7-16(14-15)17(20)9-13-19;2*1-4-10-16(11-5-1)19(17-12-6-2-7-13-17)18-14-8-3-9-15-18;10-8-3-1-2-7(6-8)9(12)4-5-11;1-4-7-9(10,6-3)8-5-2;2*1-2-3;;;/h5-7,12,16,21-22H,3-4,8-11,13H2,1-2H3,(H3,19,20);5-7,14,17,20-21H,3-4,8-12H2,1-2H3;5-7,14,17,20-21H,3-4,9-11H2,1-2H3;2*1-15H;1-3,6,9,12H,4H2;3,10H,4-5,7-8H2,1-2H3;2*3H,2H2,1H3;2*1H;/q;;;;;;;;;;;+2/p-2. The van der Waals surface area contributed by atoms with Crippen LogP contribution in [-0.4, -0.2) is 92.5 Å². The summed E-state index contributed by atoms with van der Waals surface area (Å²) in [6.07, 6.45) is 19.4. The minimum Gasteiger partial charge on any atom is -0.0622 e. The molecule has 133 heavy (non-hydrogen) atoms. The number of hydrogen-bond acceptors (Lipinski definition) is 14. The van der Waals surface area contributed by atoms with Gasteiger partial charge < -0.3 is 56.8 Å². The van der Waals surface area contributed by atoms with Crippen LogP contribution in [0.4, 0.5) is 0 Å². The Morgan fingerprint density at radius 2 is 0.639 bits per heavy atom. The van der Waals surface area contributed by atoms with E-state index in [1.165, 1.54) is 31.8 Å². The largest absolute Gasteiger partial charge is 0.0622 e. The maximum Gasteiger partial charge on any atom is -0.0134 e. The van der Waals surface area contributed by atoms with Crippen molar-refractivity contribution in [2.75, 3.05) is 13.2 Å². The van der Waals surface area contributed by atoms with Gasteiger partial charge in [0.25, 0.3) is 0 Å². The molecule has 0 heterocycles. The molecule has 0 saturated carbocycles. The van der Waals surface area contributed by atoms with E-state index in [1.54, 1.807) is 38.1 Å². The second-order valence-electron chi connectivity index (χ2n) is 31.8. The van der Waals surface area contributed by atoms with Gasteiger partial charge in [0.15, 0.2) is 0 Å². The molecule has 10 rings (SSSR count). The van der Waals surface area contributed by atoms with Crippen molar-refractivity contribution in [1.29, 1.82) is 21.2 Å². The molecule has 720 valence electrons. The fourth-order valence-corrected chi connectivity index (χ4v) is 19.5. The molecule has 21 heteroatoms. The second-order valence-corrected chi connectivity index (χ2v) is 39.5. The molecule has 0 aliphatic carbocycles. The fraction of sp³-hybridized carbons (Fsp3) is 0.393. The van der Waals surface area contributed by atoms with E-state index in [0.29, 0.717) is 18.4 Å². The van der Waals surface area contributed by atoms with Gasteiger partial charge in [-0.3, -0.25) is 5.41 Å². The summed E-state index contributed by atoms with van der Waals surface area (Å²) in [5, 5.41) is 137. The molecule has 0 amide bonds. The summed E-state index contributed by atoms with van der Waals surface area (Å²) in [6, 6.07) is 100. The number of hydrogen-bond donors (Lipinski definition) is 12. The number of rotatable bonds is 37. The summed E-state index contributed by atoms with van der Waals surface area (Å²) in [6.45, 7) is 20.4.